The van der Waals surface area contributed by atoms with Crippen LogP contribution in [-0.4, -0.2) is 40.6 Å². The lowest BCUT2D eigenvalue weighted by atomic mass is 10.1. The van der Waals surface area contributed by atoms with Gasteiger partial charge in [0.25, 0.3) is 0 Å². The van der Waals surface area contributed by atoms with E-state index in [0.29, 0.717) is 31.3 Å². The molecule has 0 unspecified atom stereocenters. The normalized spacial score (nSPS) is 15.7. The van der Waals surface area contributed by atoms with Gasteiger partial charge in [0.2, 0.25) is 11.8 Å². The molecule has 0 saturated carbocycles. The molecular weight excluding hydrogens is 306 g/mol. The second-order valence-corrected chi connectivity index (χ2v) is 6.01. The van der Waals surface area contributed by atoms with Gasteiger partial charge in [-0.05, 0) is 24.8 Å². The van der Waals surface area contributed by atoms with Crippen molar-refractivity contribution in [1.29, 1.82) is 0 Å². The molecule has 128 valence electrons. The predicted octanol–water partition coefficient (Wildman–Crippen LogP) is 1.74. The molecular formula is C17H23N5O2. The minimum absolute atomic E-state index is 0.252. The van der Waals surface area contributed by atoms with Gasteiger partial charge in [-0.2, -0.15) is 0 Å². The predicted molar refractivity (Wildman–Crippen MR) is 90.3 cm³/mol. The average molecular weight is 329 g/mol. The summed E-state index contributed by atoms with van der Waals surface area (Å²) in [5.74, 6) is 0.679. The molecule has 0 aliphatic carbocycles. The maximum Gasteiger partial charge on any atom is 0.315 e. The first-order valence-corrected chi connectivity index (χ1v) is 8.37. The number of benzene rings is 1. The van der Waals surface area contributed by atoms with E-state index in [2.05, 4.69) is 15.5 Å². The zero-order valence-corrected chi connectivity index (χ0v) is 13.6. The van der Waals surface area contributed by atoms with Gasteiger partial charge in [0.15, 0.2) is 0 Å². The monoisotopic (exact) mass is 329 g/mol. The Kier molecular flexibility index (Phi) is 5.43. The van der Waals surface area contributed by atoms with Crippen LogP contribution in [0.2, 0.25) is 0 Å². The molecule has 2 aromatic rings. The van der Waals surface area contributed by atoms with Crippen LogP contribution < -0.4 is 11.1 Å². The summed E-state index contributed by atoms with van der Waals surface area (Å²) in [5.41, 5.74) is 7.26. The average Bonchev–Trinajstić information content (AvgIpc) is 3.22. The molecule has 1 aromatic heterocycles. The molecule has 1 fully saturated rings. The second kappa shape index (κ2) is 7.92. The van der Waals surface area contributed by atoms with Gasteiger partial charge in [0, 0.05) is 26.1 Å². The van der Waals surface area contributed by atoms with Crippen molar-refractivity contribution in [2.24, 2.45) is 5.73 Å². The van der Waals surface area contributed by atoms with E-state index < -0.39 is 0 Å². The molecule has 1 amide bonds. The Labute approximate surface area is 141 Å². The van der Waals surface area contributed by atoms with E-state index in [0.717, 1.165) is 31.5 Å². The van der Waals surface area contributed by atoms with Gasteiger partial charge in [-0.1, -0.05) is 35.4 Å². The van der Waals surface area contributed by atoms with Crippen LogP contribution in [-0.2, 0) is 11.2 Å². The zero-order chi connectivity index (χ0) is 16.8. The summed E-state index contributed by atoms with van der Waals surface area (Å²) in [6.45, 7) is 2.32. The number of aromatic nitrogens is 2. The van der Waals surface area contributed by atoms with Crippen molar-refractivity contribution in [3.63, 3.8) is 0 Å². The van der Waals surface area contributed by atoms with Crippen molar-refractivity contribution in [2.75, 3.05) is 25.0 Å². The summed E-state index contributed by atoms with van der Waals surface area (Å²) < 4.78 is 5.57. The number of carbonyl (C=O) groups is 1. The lowest BCUT2D eigenvalue weighted by molar-refractivity contribution is -0.127. The van der Waals surface area contributed by atoms with E-state index >= 15 is 0 Å². The quantitative estimate of drug-likeness (QED) is 0.716. The molecule has 24 heavy (non-hydrogen) atoms. The van der Waals surface area contributed by atoms with Gasteiger partial charge < -0.3 is 20.4 Å². The first-order chi connectivity index (χ1) is 11.7. The Hall–Kier alpha value is -2.41. The molecule has 7 heteroatoms. The number of nitrogens with one attached hydrogen (secondary N) is 1. The third kappa shape index (κ3) is 4.32. The van der Waals surface area contributed by atoms with Crippen molar-refractivity contribution in [1.82, 2.24) is 15.1 Å². The fraction of sp³-hybridized carbons (Fsp3) is 0.471. The van der Waals surface area contributed by atoms with Crippen LogP contribution in [0.3, 0.4) is 0 Å². The maximum absolute atomic E-state index is 11.5. The molecule has 3 rings (SSSR count). The molecule has 3 N–H and O–H groups in total. The SMILES string of the molecule is N[C@H](Cc1ccccc1)c1nnc(NCCCN2CCCC2=O)o1. The van der Waals surface area contributed by atoms with Crippen molar-refractivity contribution < 1.29 is 9.21 Å². The summed E-state index contributed by atoms with van der Waals surface area (Å²) in [7, 11) is 0. The molecule has 1 aromatic carbocycles. The number of hydrogen-bond donors (Lipinski definition) is 2. The van der Waals surface area contributed by atoms with Gasteiger partial charge in [-0.15, -0.1) is 5.10 Å². The molecule has 0 radical (unpaired) electrons. The van der Waals surface area contributed by atoms with E-state index in [4.69, 9.17) is 10.2 Å². The Morgan fingerprint density at radius 3 is 2.88 bits per heavy atom. The number of anilines is 1. The van der Waals surface area contributed by atoms with Crippen molar-refractivity contribution in [3.05, 3.63) is 41.8 Å². The number of amides is 1. The van der Waals surface area contributed by atoms with Gasteiger partial charge in [-0.25, -0.2) is 0 Å². The van der Waals surface area contributed by atoms with E-state index in [1.165, 1.54) is 0 Å². The van der Waals surface area contributed by atoms with E-state index in [9.17, 15) is 4.79 Å². The molecule has 1 aliphatic rings. The Bertz CT molecular complexity index is 658. The van der Waals surface area contributed by atoms with Crippen LogP contribution in [0.5, 0.6) is 0 Å². The van der Waals surface area contributed by atoms with Crippen molar-refractivity contribution >= 4 is 11.9 Å². The second-order valence-electron chi connectivity index (χ2n) is 6.01. The Morgan fingerprint density at radius 2 is 2.12 bits per heavy atom. The summed E-state index contributed by atoms with van der Waals surface area (Å²) >= 11 is 0. The minimum Gasteiger partial charge on any atom is -0.406 e. The Balaban J connectivity index is 1.42. The van der Waals surface area contributed by atoms with Gasteiger partial charge >= 0.3 is 6.01 Å². The van der Waals surface area contributed by atoms with Gasteiger partial charge in [0.05, 0.1) is 6.04 Å². The van der Waals surface area contributed by atoms with Crippen LogP contribution in [0, 0.1) is 0 Å². The number of nitrogens with two attached hydrogens (primary N) is 1. The van der Waals surface area contributed by atoms with E-state index in [-0.39, 0.29) is 11.9 Å². The highest BCUT2D eigenvalue weighted by Crippen LogP contribution is 2.17. The first kappa shape index (κ1) is 16.4. The number of hydrogen-bond acceptors (Lipinski definition) is 6. The number of rotatable bonds is 8. The molecule has 1 aliphatic heterocycles. The zero-order valence-electron chi connectivity index (χ0n) is 13.6. The number of likely N-dealkylation sites (tertiary alicyclic amines) is 1. The molecule has 2 heterocycles. The standard InChI is InChI=1S/C17H23N5O2/c18-14(12-13-6-2-1-3-7-13)16-20-21-17(24-16)19-9-5-11-22-10-4-8-15(22)23/h1-3,6-7,14H,4-5,8-12,18H2,(H,19,21)/t14-/m1/s1. The fourth-order valence-electron chi connectivity index (χ4n) is 2.82. The highest BCUT2D eigenvalue weighted by atomic mass is 16.4. The largest absolute Gasteiger partial charge is 0.406 e. The summed E-state index contributed by atoms with van der Waals surface area (Å²) in [5, 5.41) is 11.1. The number of nitrogens with zero attached hydrogens (tertiary/aromatic N) is 3. The fourth-order valence-corrected chi connectivity index (χ4v) is 2.82. The number of carbonyl (C=O) groups excluding carboxylic acids is 1. The van der Waals surface area contributed by atoms with Crippen LogP contribution in [0.25, 0.3) is 0 Å². The van der Waals surface area contributed by atoms with Crippen molar-refractivity contribution in [2.45, 2.75) is 31.7 Å². The lowest BCUT2D eigenvalue weighted by Crippen LogP contribution is -2.26. The maximum atomic E-state index is 11.5. The third-order valence-electron chi connectivity index (χ3n) is 4.11. The summed E-state index contributed by atoms with van der Waals surface area (Å²) in [4.78, 5) is 13.4. The molecule has 0 spiro atoms. The summed E-state index contributed by atoms with van der Waals surface area (Å²) in [6.07, 6.45) is 3.15. The molecule has 7 nitrogen and oxygen atoms in total. The smallest absolute Gasteiger partial charge is 0.315 e. The topological polar surface area (TPSA) is 97.3 Å². The summed E-state index contributed by atoms with van der Waals surface area (Å²) in [6, 6.07) is 10.0. The van der Waals surface area contributed by atoms with Gasteiger partial charge in [0.1, 0.15) is 0 Å². The lowest BCUT2D eigenvalue weighted by Gasteiger charge is -2.14. The van der Waals surface area contributed by atoms with E-state index in [1.807, 2.05) is 35.2 Å². The highest BCUT2D eigenvalue weighted by Gasteiger charge is 2.19. The molecule has 1 atom stereocenters. The van der Waals surface area contributed by atoms with Crippen LogP contribution in [0.4, 0.5) is 6.01 Å². The Morgan fingerprint density at radius 1 is 1.29 bits per heavy atom. The van der Waals surface area contributed by atoms with Crippen LogP contribution in [0.1, 0.15) is 36.8 Å². The molecule has 0 bridgehead atoms. The van der Waals surface area contributed by atoms with E-state index in [1.54, 1.807) is 0 Å². The van der Waals surface area contributed by atoms with Crippen LogP contribution >= 0.6 is 0 Å². The minimum atomic E-state index is -0.322. The molecule has 1 saturated heterocycles. The van der Waals surface area contributed by atoms with Crippen molar-refractivity contribution in [3.8, 4) is 0 Å². The third-order valence-corrected chi connectivity index (χ3v) is 4.11. The van der Waals surface area contributed by atoms with Gasteiger partial charge in [-0.3, -0.25) is 4.79 Å². The highest BCUT2D eigenvalue weighted by molar-refractivity contribution is 5.77. The first-order valence-electron chi connectivity index (χ1n) is 8.37. The van der Waals surface area contributed by atoms with Crippen LogP contribution in [0.15, 0.2) is 34.7 Å².